The highest BCUT2D eigenvalue weighted by atomic mass is 16.5. The molecule has 27 heavy (non-hydrogen) atoms. The lowest BCUT2D eigenvalue weighted by atomic mass is 10.2. The molecule has 1 heterocycles. The van der Waals surface area contributed by atoms with Crippen molar-refractivity contribution < 1.29 is 18.8 Å². The zero-order valence-corrected chi connectivity index (χ0v) is 15.3. The number of anilines is 1. The van der Waals surface area contributed by atoms with Crippen LogP contribution in [0.4, 0.5) is 5.95 Å². The molecule has 1 aromatic heterocycles. The number of nitrogens with one attached hydrogen (secondary N) is 1. The topological polar surface area (TPSA) is 86.5 Å². The number of para-hydroxylation sites is 1. The summed E-state index contributed by atoms with van der Waals surface area (Å²) in [5.41, 5.74) is 1.15. The number of ether oxygens (including phenoxy) is 2. The first-order chi connectivity index (χ1) is 13.2. The second-order valence-electron chi connectivity index (χ2n) is 5.80. The van der Waals surface area contributed by atoms with Crippen LogP contribution in [0.1, 0.15) is 30.1 Å². The number of benzene rings is 2. The van der Waals surface area contributed by atoms with Crippen LogP contribution in [-0.2, 0) is 0 Å². The quantitative estimate of drug-likeness (QED) is 0.601. The number of rotatable bonds is 8. The first-order valence-corrected chi connectivity index (χ1v) is 8.72. The van der Waals surface area contributed by atoms with Crippen molar-refractivity contribution in [3.63, 3.8) is 0 Å². The van der Waals surface area contributed by atoms with E-state index in [4.69, 9.17) is 14.0 Å². The Morgan fingerprint density at radius 1 is 1.15 bits per heavy atom. The maximum Gasteiger partial charge on any atom is 0.270 e. The average Bonchev–Trinajstić information content (AvgIpc) is 3.17. The molecule has 1 N–H and O–H groups in total. The van der Waals surface area contributed by atoms with Crippen molar-refractivity contribution in [3.8, 4) is 23.0 Å². The molecule has 0 spiro atoms. The predicted molar refractivity (Wildman–Crippen MR) is 101 cm³/mol. The highest BCUT2D eigenvalue weighted by Gasteiger charge is 2.16. The van der Waals surface area contributed by atoms with Gasteiger partial charge in [0.25, 0.3) is 17.7 Å². The Morgan fingerprint density at radius 2 is 1.93 bits per heavy atom. The van der Waals surface area contributed by atoms with Gasteiger partial charge in [-0.05, 0) is 48.0 Å². The maximum absolute atomic E-state index is 12.6. The molecule has 0 bridgehead atoms. The standard InChI is InChI=1S/C20H21N3O4/c1-3-4-13-26-17-8-6-5-7-16(17)18(24)21-20-22-19(27-23-20)14-9-11-15(25-2)12-10-14/h5-12H,3-4,13H2,1-2H3,(H,21,23,24). The molecule has 0 aliphatic carbocycles. The van der Waals surface area contributed by atoms with E-state index in [1.54, 1.807) is 49.6 Å². The molecule has 0 atom stereocenters. The smallest absolute Gasteiger partial charge is 0.270 e. The van der Waals surface area contributed by atoms with Gasteiger partial charge in [0, 0.05) is 5.56 Å². The van der Waals surface area contributed by atoms with E-state index in [1.807, 2.05) is 6.07 Å². The molecule has 0 radical (unpaired) electrons. The minimum atomic E-state index is -0.357. The summed E-state index contributed by atoms with van der Waals surface area (Å²) >= 11 is 0. The number of hydrogen-bond acceptors (Lipinski definition) is 6. The van der Waals surface area contributed by atoms with E-state index >= 15 is 0 Å². The van der Waals surface area contributed by atoms with Gasteiger partial charge in [0.2, 0.25) is 0 Å². The Balaban J connectivity index is 1.71. The number of unbranched alkanes of at least 4 members (excludes halogenated alkanes) is 1. The SMILES string of the molecule is CCCCOc1ccccc1C(=O)Nc1noc(-c2ccc(OC)cc2)n1. The van der Waals surface area contributed by atoms with Gasteiger partial charge in [-0.3, -0.25) is 10.1 Å². The van der Waals surface area contributed by atoms with Crippen molar-refractivity contribution in [2.75, 3.05) is 19.0 Å². The lowest BCUT2D eigenvalue weighted by Crippen LogP contribution is -2.14. The molecule has 0 saturated carbocycles. The van der Waals surface area contributed by atoms with Crippen LogP contribution >= 0.6 is 0 Å². The van der Waals surface area contributed by atoms with Gasteiger partial charge in [-0.1, -0.05) is 25.5 Å². The van der Waals surface area contributed by atoms with Crippen LogP contribution in [0.15, 0.2) is 53.1 Å². The monoisotopic (exact) mass is 367 g/mol. The summed E-state index contributed by atoms with van der Waals surface area (Å²) < 4.78 is 16.0. The summed E-state index contributed by atoms with van der Waals surface area (Å²) in [6.45, 7) is 2.64. The first-order valence-electron chi connectivity index (χ1n) is 8.72. The number of hydrogen-bond donors (Lipinski definition) is 1. The van der Waals surface area contributed by atoms with Crippen molar-refractivity contribution in [2.24, 2.45) is 0 Å². The number of carbonyl (C=O) groups is 1. The molecular weight excluding hydrogens is 346 g/mol. The van der Waals surface area contributed by atoms with Crippen LogP contribution in [0.2, 0.25) is 0 Å². The summed E-state index contributed by atoms with van der Waals surface area (Å²) in [4.78, 5) is 16.8. The number of methoxy groups -OCH3 is 1. The van der Waals surface area contributed by atoms with E-state index in [0.717, 1.165) is 24.2 Å². The van der Waals surface area contributed by atoms with Crippen LogP contribution in [0, 0.1) is 0 Å². The summed E-state index contributed by atoms with van der Waals surface area (Å²) in [6.07, 6.45) is 1.94. The van der Waals surface area contributed by atoms with E-state index in [9.17, 15) is 4.79 Å². The van der Waals surface area contributed by atoms with Gasteiger partial charge in [-0.25, -0.2) is 0 Å². The first kappa shape index (κ1) is 18.4. The molecule has 0 aliphatic heterocycles. The Kier molecular flexibility index (Phi) is 6.04. The fourth-order valence-electron chi connectivity index (χ4n) is 2.40. The molecule has 1 amide bonds. The van der Waals surface area contributed by atoms with Gasteiger partial charge >= 0.3 is 0 Å². The Bertz CT molecular complexity index is 890. The van der Waals surface area contributed by atoms with Gasteiger partial charge in [0.1, 0.15) is 11.5 Å². The Labute approximate surface area is 157 Å². The molecule has 0 saturated heterocycles. The number of amides is 1. The minimum Gasteiger partial charge on any atom is -0.497 e. The largest absolute Gasteiger partial charge is 0.497 e. The number of nitrogens with zero attached hydrogens (tertiary/aromatic N) is 2. The van der Waals surface area contributed by atoms with Gasteiger partial charge in [-0.15, -0.1) is 0 Å². The van der Waals surface area contributed by atoms with E-state index in [0.29, 0.717) is 23.8 Å². The summed E-state index contributed by atoms with van der Waals surface area (Å²) in [5.74, 6) is 1.30. The van der Waals surface area contributed by atoms with Crippen molar-refractivity contribution in [2.45, 2.75) is 19.8 Å². The van der Waals surface area contributed by atoms with Crippen LogP contribution < -0.4 is 14.8 Å². The number of aromatic nitrogens is 2. The van der Waals surface area contributed by atoms with Crippen LogP contribution in [0.5, 0.6) is 11.5 Å². The Hall–Kier alpha value is -3.35. The molecule has 0 fully saturated rings. The van der Waals surface area contributed by atoms with Crippen LogP contribution in [-0.4, -0.2) is 29.8 Å². The van der Waals surface area contributed by atoms with Crippen LogP contribution in [0.3, 0.4) is 0 Å². The van der Waals surface area contributed by atoms with Crippen molar-refractivity contribution in [1.29, 1.82) is 0 Å². The summed E-state index contributed by atoms with van der Waals surface area (Å²) in [7, 11) is 1.60. The second kappa shape index (κ2) is 8.84. The third-order valence-corrected chi connectivity index (χ3v) is 3.88. The van der Waals surface area contributed by atoms with Gasteiger partial charge in [0.15, 0.2) is 0 Å². The maximum atomic E-state index is 12.6. The molecule has 3 rings (SSSR count). The zero-order valence-electron chi connectivity index (χ0n) is 15.3. The summed E-state index contributed by atoms with van der Waals surface area (Å²) in [6, 6.07) is 14.3. The highest BCUT2D eigenvalue weighted by molar-refractivity contribution is 6.05. The lowest BCUT2D eigenvalue weighted by Gasteiger charge is -2.10. The van der Waals surface area contributed by atoms with E-state index < -0.39 is 0 Å². The highest BCUT2D eigenvalue weighted by Crippen LogP contribution is 2.23. The van der Waals surface area contributed by atoms with E-state index in [2.05, 4.69) is 22.4 Å². The molecule has 7 nitrogen and oxygen atoms in total. The van der Waals surface area contributed by atoms with E-state index in [-0.39, 0.29) is 11.9 Å². The molecule has 3 aromatic rings. The second-order valence-corrected chi connectivity index (χ2v) is 5.80. The van der Waals surface area contributed by atoms with Crippen molar-refractivity contribution >= 4 is 11.9 Å². The van der Waals surface area contributed by atoms with Gasteiger partial charge < -0.3 is 14.0 Å². The van der Waals surface area contributed by atoms with Crippen molar-refractivity contribution in [1.82, 2.24) is 10.1 Å². The molecule has 2 aromatic carbocycles. The van der Waals surface area contributed by atoms with Gasteiger partial charge in [-0.2, -0.15) is 4.98 Å². The molecular formula is C20H21N3O4. The molecule has 0 aliphatic rings. The van der Waals surface area contributed by atoms with Crippen LogP contribution in [0.25, 0.3) is 11.5 Å². The third kappa shape index (κ3) is 4.63. The van der Waals surface area contributed by atoms with Crippen molar-refractivity contribution in [3.05, 3.63) is 54.1 Å². The lowest BCUT2D eigenvalue weighted by molar-refractivity contribution is 0.102. The number of carbonyl (C=O) groups excluding carboxylic acids is 1. The minimum absolute atomic E-state index is 0.0918. The molecule has 140 valence electrons. The normalized spacial score (nSPS) is 10.4. The predicted octanol–water partition coefficient (Wildman–Crippen LogP) is 4.18. The zero-order chi connectivity index (χ0) is 19.1. The average molecular weight is 367 g/mol. The van der Waals surface area contributed by atoms with E-state index in [1.165, 1.54) is 0 Å². The third-order valence-electron chi connectivity index (χ3n) is 3.88. The summed E-state index contributed by atoms with van der Waals surface area (Å²) in [5, 5.41) is 6.46. The molecule has 7 heteroatoms. The van der Waals surface area contributed by atoms with Gasteiger partial charge in [0.05, 0.1) is 19.3 Å². The molecule has 0 unspecified atom stereocenters. The fraction of sp³-hybridized carbons (Fsp3) is 0.250. The Morgan fingerprint density at radius 3 is 2.67 bits per heavy atom. The fourth-order valence-corrected chi connectivity index (χ4v) is 2.40.